The molecule has 0 unspecified atom stereocenters. The van der Waals surface area contributed by atoms with Crippen molar-refractivity contribution in [2.45, 2.75) is 17.5 Å². The number of nitrogens with zero attached hydrogens (tertiary/aromatic N) is 4. The minimum Gasteiger partial charge on any atom is -0.396 e. The molecule has 0 aromatic carbocycles. The average Bonchev–Trinajstić information content (AvgIpc) is 3.03. The second kappa shape index (κ2) is 4.82. The van der Waals surface area contributed by atoms with Crippen LogP contribution < -0.4 is 5.73 Å². The molecule has 3 rings (SSSR count). The zero-order chi connectivity index (χ0) is 13.4. The first-order valence-electron chi connectivity index (χ1n) is 6.06. The number of imidazole rings is 1. The number of thioether (sulfide) groups is 1. The third-order valence-electron chi connectivity index (χ3n) is 3.34. The van der Waals surface area contributed by atoms with Crippen LogP contribution in [0.15, 0.2) is 23.5 Å². The standard InChI is InChI=1S/C12H15N5OS/c1-19-11-9-10(15-12(13)16-11)17(6-14-9)8-3-2-7(4-8)5-18/h2-3,6-8,18H,4-5H2,1H3,(H2,13,15,16)/t7-,8+/m1/s1. The van der Waals surface area contributed by atoms with Gasteiger partial charge in [0.05, 0.1) is 12.4 Å². The molecule has 0 aliphatic heterocycles. The van der Waals surface area contributed by atoms with Gasteiger partial charge in [0.15, 0.2) is 5.65 Å². The summed E-state index contributed by atoms with van der Waals surface area (Å²) in [5, 5.41) is 9.99. The van der Waals surface area contributed by atoms with E-state index in [1.165, 1.54) is 11.8 Å². The summed E-state index contributed by atoms with van der Waals surface area (Å²) >= 11 is 1.51. The fraction of sp³-hybridized carbons (Fsp3) is 0.417. The van der Waals surface area contributed by atoms with Crippen LogP contribution in [0.25, 0.3) is 11.2 Å². The van der Waals surface area contributed by atoms with Gasteiger partial charge in [-0.3, -0.25) is 0 Å². The zero-order valence-electron chi connectivity index (χ0n) is 10.5. The number of aromatic nitrogens is 4. The van der Waals surface area contributed by atoms with E-state index in [0.29, 0.717) is 0 Å². The van der Waals surface area contributed by atoms with Crippen molar-refractivity contribution >= 4 is 28.9 Å². The first kappa shape index (κ1) is 12.4. The number of fused-ring (bicyclic) bond motifs is 1. The third kappa shape index (κ3) is 2.08. The van der Waals surface area contributed by atoms with Gasteiger partial charge in [0.1, 0.15) is 10.5 Å². The minimum absolute atomic E-state index is 0.172. The predicted octanol–water partition coefficient (Wildman–Crippen LogP) is 1.24. The van der Waals surface area contributed by atoms with E-state index in [2.05, 4.69) is 21.0 Å². The molecular formula is C12H15N5OS. The van der Waals surface area contributed by atoms with Crippen molar-refractivity contribution in [1.82, 2.24) is 19.5 Å². The Morgan fingerprint density at radius 1 is 1.47 bits per heavy atom. The quantitative estimate of drug-likeness (QED) is 0.498. The van der Waals surface area contributed by atoms with Gasteiger partial charge in [-0.05, 0) is 12.7 Å². The molecule has 1 aliphatic rings. The molecule has 100 valence electrons. The molecule has 2 atom stereocenters. The lowest BCUT2D eigenvalue weighted by atomic mass is 10.1. The minimum atomic E-state index is 0.172. The lowest BCUT2D eigenvalue weighted by Gasteiger charge is -2.12. The third-order valence-corrected chi connectivity index (χ3v) is 4.01. The maximum atomic E-state index is 9.20. The number of anilines is 1. The maximum absolute atomic E-state index is 9.20. The van der Waals surface area contributed by atoms with Gasteiger partial charge in [-0.15, -0.1) is 11.8 Å². The first-order valence-corrected chi connectivity index (χ1v) is 7.28. The Balaban J connectivity index is 2.06. The van der Waals surface area contributed by atoms with Crippen molar-refractivity contribution in [2.75, 3.05) is 18.6 Å². The number of hydrogen-bond acceptors (Lipinski definition) is 6. The van der Waals surface area contributed by atoms with Crippen LogP contribution in [0.4, 0.5) is 5.95 Å². The number of hydrogen-bond donors (Lipinski definition) is 2. The SMILES string of the molecule is CSc1nc(N)nc2c1ncn2[C@H]1C=C[C@@H](CO)C1. The van der Waals surface area contributed by atoms with Crippen LogP contribution in [0.1, 0.15) is 12.5 Å². The molecule has 0 fully saturated rings. The van der Waals surface area contributed by atoms with E-state index in [9.17, 15) is 5.11 Å². The zero-order valence-corrected chi connectivity index (χ0v) is 11.3. The Labute approximate surface area is 114 Å². The summed E-state index contributed by atoms with van der Waals surface area (Å²) in [5.41, 5.74) is 7.28. The first-order chi connectivity index (χ1) is 9.22. The van der Waals surface area contributed by atoms with Crippen molar-refractivity contribution in [3.63, 3.8) is 0 Å². The highest BCUT2D eigenvalue weighted by Gasteiger charge is 2.22. The number of rotatable bonds is 3. The summed E-state index contributed by atoms with van der Waals surface area (Å²) < 4.78 is 2.00. The van der Waals surface area contributed by atoms with E-state index in [-0.39, 0.29) is 24.5 Å². The fourth-order valence-electron chi connectivity index (χ4n) is 2.39. The van der Waals surface area contributed by atoms with E-state index < -0.39 is 0 Å². The molecule has 2 heterocycles. The van der Waals surface area contributed by atoms with E-state index in [4.69, 9.17) is 5.73 Å². The van der Waals surface area contributed by atoms with E-state index in [1.807, 2.05) is 16.9 Å². The molecule has 6 nitrogen and oxygen atoms in total. The molecular weight excluding hydrogens is 262 g/mol. The molecule has 0 radical (unpaired) electrons. The number of aliphatic hydroxyl groups excluding tert-OH is 1. The topological polar surface area (TPSA) is 89.9 Å². The summed E-state index contributed by atoms with van der Waals surface area (Å²) in [4.78, 5) is 12.9. The Bertz CT molecular complexity index is 638. The van der Waals surface area contributed by atoms with Gasteiger partial charge in [0, 0.05) is 12.5 Å². The second-order valence-corrected chi connectivity index (χ2v) is 5.34. The second-order valence-electron chi connectivity index (χ2n) is 4.55. The highest BCUT2D eigenvalue weighted by Crippen LogP contribution is 2.31. The summed E-state index contributed by atoms with van der Waals surface area (Å²) in [5.74, 6) is 0.473. The molecule has 7 heteroatoms. The van der Waals surface area contributed by atoms with Gasteiger partial charge < -0.3 is 15.4 Å². The Kier molecular flexibility index (Phi) is 3.16. The van der Waals surface area contributed by atoms with Crippen LogP contribution in [-0.2, 0) is 0 Å². The molecule has 2 aromatic heterocycles. The van der Waals surface area contributed by atoms with E-state index in [0.717, 1.165) is 22.6 Å². The van der Waals surface area contributed by atoms with Crippen LogP contribution in [0.5, 0.6) is 0 Å². The molecule has 0 spiro atoms. The predicted molar refractivity (Wildman–Crippen MR) is 74.9 cm³/mol. The van der Waals surface area contributed by atoms with E-state index in [1.54, 1.807) is 6.33 Å². The monoisotopic (exact) mass is 277 g/mol. The van der Waals surface area contributed by atoms with Gasteiger partial charge in [-0.2, -0.15) is 4.98 Å². The smallest absolute Gasteiger partial charge is 0.223 e. The van der Waals surface area contributed by atoms with Gasteiger partial charge in [0.25, 0.3) is 0 Å². The summed E-state index contributed by atoms with van der Waals surface area (Å²) in [7, 11) is 0. The van der Waals surface area contributed by atoms with Crippen molar-refractivity contribution < 1.29 is 5.11 Å². The van der Waals surface area contributed by atoms with Crippen LogP contribution in [0.3, 0.4) is 0 Å². The number of nitrogen functional groups attached to an aromatic ring is 1. The van der Waals surface area contributed by atoms with Crippen LogP contribution >= 0.6 is 11.8 Å². The Hall–Kier alpha value is -1.60. The highest BCUT2D eigenvalue weighted by atomic mass is 32.2. The molecule has 0 bridgehead atoms. The van der Waals surface area contributed by atoms with Crippen molar-refractivity contribution in [1.29, 1.82) is 0 Å². The van der Waals surface area contributed by atoms with Gasteiger partial charge in [-0.1, -0.05) is 12.2 Å². The number of allylic oxidation sites excluding steroid dienone is 1. The fourth-order valence-corrected chi connectivity index (χ4v) is 2.91. The van der Waals surface area contributed by atoms with Crippen molar-refractivity contribution in [3.05, 3.63) is 18.5 Å². The molecule has 19 heavy (non-hydrogen) atoms. The maximum Gasteiger partial charge on any atom is 0.223 e. The Morgan fingerprint density at radius 2 is 2.32 bits per heavy atom. The van der Waals surface area contributed by atoms with Crippen LogP contribution in [0.2, 0.25) is 0 Å². The summed E-state index contributed by atoms with van der Waals surface area (Å²) in [6.45, 7) is 0.173. The molecule has 3 N–H and O–H groups in total. The van der Waals surface area contributed by atoms with Crippen LogP contribution in [0, 0.1) is 5.92 Å². The van der Waals surface area contributed by atoms with Crippen molar-refractivity contribution in [3.8, 4) is 0 Å². The molecule has 1 aliphatic carbocycles. The highest BCUT2D eigenvalue weighted by molar-refractivity contribution is 7.98. The van der Waals surface area contributed by atoms with Gasteiger partial charge in [-0.25, -0.2) is 9.97 Å². The van der Waals surface area contributed by atoms with Gasteiger partial charge >= 0.3 is 0 Å². The lowest BCUT2D eigenvalue weighted by molar-refractivity contribution is 0.244. The summed E-state index contributed by atoms with van der Waals surface area (Å²) in [6, 6.07) is 0.172. The van der Waals surface area contributed by atoms with Crippen LogP contribution in [-0.4, -0.2) is 37.5 Å². The molecule has 0 saturated carbocycles. The normalized spacial score (nSPS) is 22.4. The van der Waals surface area contributed by atoms with E-state index >= 15 is 0 Å². The lowest BCUT2D eigenvalue weighted by Crippen LogP contribution is -2.08. The van der Waals surface area contributed by atoms with Crippen molar-refractivity contribution in [2.24, 2.45) is 5.92 Å². The molecule has 0 amide bonds. The summed E-state index contributed by atoms with van der Waals surface area (Å²) in [6.07, 6.45) is 8.70. The largest absolute Gasteiger partial charge is 0.396 e. The molecule has 2 aromatic rings. The number of nitrogens with two attached hydrogens (primary N) is 1. The Morgan fingerprint density at radius 3 is 3.00 bits per heavy atom. The molecule has 0 saturated heterocycles. The average molecular weight is 277 g/mol. The van der Waals surface area contributed by atoms with Gasteiger partial charge in [0.2, 0.25) is 5.95 Å². The number of aliphatic hydroxyl groups is 1.